The van der Waals surface area contributed by atoms with Crippen LogP contribution in [0.2, 0.25) is 0 Å². The summed E-state index contributed by atoms with van der Waals surface area (Å²) in [7, 11) is 4.01. The molecule has 3 heterocycles. The molecule has 1 aliphatic rings. The van der Waals surface area contributed by atoms with Crippen LogP contribution in [0.5, 0.6) is 0 Å². The van der Waals surface area contributed by atoms with Crippen molar-refractivity contribution in [1.82, 2.24) is 19.9 Å². The second-order valence-electron chi connectivity index (χ2n) is 9.90. The van der Waals surface area contributed by atoms with E-state index < -0.39 is 0 Å². The molecule has 0 spiro atoms. The molecular weight excluding hydrogens is 468 g/mol. The number of aryl methyl sites for hydroxylation is 1. The molecule has 0 unspecified atom stereocenters. The highest BCUT2D eigenvalue weighted by atomic mass is 32.1. The summed E-state index contributed by atoms with van der Waals surface area (Å²) >= 11 is 1.75. The lowest BCUT2D eigenvalue weighted by Gasteiger charge is -2.30. The van der Waals surface area contributed by atoms with Crippen LogP contribution in [0.3, 0.4) is 0 Å². The maximum absolute atomic E-state index is 13.1. The van der Waals surface area contributed by atoms with Crippen molar-refractivity contribution in [2.24, 2.45) is 0 Å². The summed E-state index contributed by atoms with van der Waals surface area (Å²) in [6, 6.07) is 14.8. The van der Waals surface area contributed by atoms with Gasteiger partial charge in [0, 0.05) is 47.8 Å². The SMILES string of the molecule is Cc1cc(C(=O)NC2CCC(Nc3nc(N(C)C)c4ccccc4n3)CC2)c(C)n1Cc1cccs1. The van der Waals surface area contributed by atoms with Crippen molar-refractivity contribution in [3.63, 3.8) is 0 Å². The Balaban J connectivity index is 1.20. The predicted octanol–water partition coefficient (Wildman–Crippen LogP) is 5.38. The van der Waals surface area contributed by atoms with Crippen LogP contribution in [0.15, 0.2) is 47.8 Å². The Morgan fingerprint density at radius 2 is 1.81 bits per heavy atom. The van der Waals surface area contributed by atoms with Gasteiger partial charge in [0.1, 0.15) is 5.82 Å². The molecule has 5 rings (SSSR count). The number of hydrogen-bond acceptors (Lipinski definition) is 6. The molecule has 4 aromatic rings. The van der Waals surface area contributed by atoms with Gasteiger partial charge in [0.25, 0.3) is 5.91 Å². The van der Waals surface area contributed by atoms with Gasteiger partial charge in [-0.25, -0.2) is 4.98 Å². The first kappa shape index (κ1) is 24.3. The predicted molar refractivity (Wildman–Crippen MR) is 148 cm³/mol. The van der Waals surface area contributed by atoms with E-state index in [-0.39, 0.29) is 11.9 Å². The van der Waals surface area contributed by atoms with E-state index in [9.17, 15) is 4.79 Å². The fraction of sp³-hybridized carbons (Fsp3) is 0.393. The highest BCUT2D eigenvalue weighted by Gasteiger charge is 2.25. The van der Waals surface area contributed by atoms with Crippen molar-refractivity contribution >= 4 is 39.9 Å². The molecule has 7 nitrogen and oxygen atoms in total. The lowest BCUT2D eigenvalue weighted by Crippen LogP contribution is -2.40. The topological polar surface area (TPSA) is 75.1 Å². The number of aromatic nitrogens is 3. The minimum Gasteiger partial charge on any atom is -0.362 e. The molecule has 36 heavy (non-hydrogen) atoms. The maximum atomic E-state index is 13.1. The van der Waals surface area contributed by atoms with Gasteiger partial charge in [-0.2, -0.15) is 4.98 Å². The van der Waals surface area contributed by atoms with Gasteiger partial charge in [0.15, 0.2) is 0 Å². The summed E-state index contributed by atoms with van der Waals surface area (Å²) in [4.78, 5) is 26.0. The molecule has 0 aliphatic heterocycles. The fourth-order valence-corrected chi connectivity index (χ4v) is 5.82. The zero-order valence-corrected chi connectivity index (χ0v) is 22.2. The summed E-state index contributed by atoms with van der Waals surface area (Å²) < 4.78 is 2.23. The first-order chi connectivity index (χ1) is 17.4. The number of nitrogens with zero attached hydrogens (tertiary/aromatic N) is 4. The number of rotatable bonds is 7. The molecule has 188 valence electrons. The Labute approximate surface area is 216 Å². The molecule has 1 aromatic carbocycles. The molecule has 0 bridgehead atoms. The van der Waals surface area contributed by atoms with E-state index in [0.717, 1.165) is 65.9 Å². The Hall–Kier alpha value is -3.39. The number of fused-ring (bicyclic) bond motifs is 1. The first-order valence-electron chi connectivity index (χ1n) is 12.6. The smallest absolute Gasteiger partial charge is 0.253 e. The monoisotopic (exact) mass is 502 g/mol. The van der Waals surface area contributed by atoms with Crippen LogP contribution in [0.4, 0.5) is 11.8 Å². The van der Waals surface area contributed by atoms with Crippen LogP contribution in [0.25, 0.3) is 10.9 Å². The molecular formula is C28H34N6OS. The summed E-state index contributed by atoms with van der Waals surface area (Å²) in [6.45, 7) is 4.93. The molecule has 1 amide bonds. The number of nitrogens with one attached hydrogen (secondary N) is 2. The van der Waals surface area contributed by atoms with Crippen LogP contribution >= 0.6 is 11.3 Å². The highest BCUT2D eigenvalue weighted by Crippen LogP contribution is 2.27. The van der Waals surface area contributed by atoms with Crippen molar-refractivity contribution in [2.45, 2.75) is 58.2 Å². The number of amides is 1. The lowest BCUT2D eigenvalue weighted by atomic mass is 9.91. The molecule has 0 saturated heterocycles. The molecule has 0 atom stereocenters. The largest absolute Gasteiger partial charge is 0.362 e. The number of para-hydroxylation sites is 1. The van der Waals surface area contributed by atoms with Gasteiger partial charge in [-0.05, 0) is 69.2 Å². The number of carbonyl (C=O) groups excluding carboxylic acids is 1. The normalized spacial score (nSPS) is 17.8. The summed E-state index contributed by atoms with van der Waals surface area (Å²) in [5.74, 6) is 1.62. The van der Waals surface area contributed by atoms with Crippen LogP contribution < -0.4 is 15.5 Å². The Bertz CT molecular complexity index is 1350. The van der Waals surface area contributed by atoms with E-state index in [4.69, 9.17) is 9.97 Å². The summed E-state index contributed by atoms with van der Waals surface area (Å²) in [6.07, 6.45) is 3.81. The van der Waals surface area contributed by atoms with Crippen LogP contribution in [0.1, 0.15) is 52.3 Å². The quantitative estimate of drug-likeness (QED) is 0.355. The molecule has 1 aliphatic carbocycles. The van der Waals surface area contributed by atoms with E-state index in [1.165, 1.54) is 4.88 Å². The maximum Gasteiger partial charge on any atom is 0.253 e. The second-order valence-corrected chi connectivity index (χ2v) is 10.9. The lowest BCUT2D eigenvalue weighted by molar-refractivity contribution is 0.0926. The molecule has 1 saturated carbocycles. The minimum absolute atomic E-state index is 0.0328. The average molecular weight is 503 g/mol. The summed E-state index contributed by atoms with van der Waals surface area (Å²) in [5, 5.41) is 9.99. The van der Waals surface area contributed by atoms with Crippen LogP contribution in [-0.2, 0) is 6.54 Å². The molecule has 2 N–H and O–H groups in total. The number of anilines is 2. The highest BCUT2D eigenvalue weighted by molar-refractivity contribution is 7.09. The van der Waals surface area contributed by atoms with Crippen molar-refractivity contribution in [3.05, 3.63) is 69.7 Å². The van der Waals surface area contributed by atoms with E-state index in [2.05, 4.69) is 45.7 Å². The number of hydrogen-bond donors (Lipinski definition) is 2. The third kappa shape index (κ3) is 5.09. The Kier molecular flexibility index (Phi) is 6.96. The van der Waals surface area contributed by atoms with Gasteiger partial charge in [-0.15, -0.1) is 11.3 Å². The zero-order valence-electron chi connectivity index (χ0n) is 21.4. The third-order valence-corrected chi connectivity index (χ3v) is 7.98. The number of carbonyl (C=O) groups is 1. The Morgan fingerprint density at radius 1 is 1.06 bits per heavy atom. The molecule has 1 fully saturated rings. The van der Waals surface area contributed by atoms with Gasteiger partial charge in [-0.3, -0.25) is 4.79 Å². The van der Waals surface area contributed by atoms with Gasteiger partial charge < -0.3 is 20.1 Å². The standard InChI is InChI=1S/C28H34N6OS/c1-18-16-24(19(2)34(18)17-22-8-7-15-36-22)27(35)29-20-11-13-21(14-12-20)30-28-31-25-10-6-5-9-23(25)26(32-28)33(3)4/h5-10,15-16,20-21H,11-14,17H2,1-4H3,(H,29,35)(H,30,31,32). The summed E-state index contributed by atoms with van der Waals surface area (Å²) in [5.41, 5.74) is 3.87. The van der Waals surface area contributed by atoms with Crippen LogP contribution in [0, 0.1) is 13.8 Å². The average Bonchev–Trinajstić information content (AvgIpc) is 3.48. The molecule has 3 aromatic heterocycles. The fourth-order valence-electron chi connectivity index (χ4n) is 5.13. The minimum atomic E-state index is 0.0328. The van der Waals surface area contributed by atoms with E-state index in [0.29, 0.717) is 12.0 Å². The second kappa shape index (κ2) is 10.3. The third-order valence-electron chi connectivity index (χ3n) is 7.11. The van der Waals surface area contributed by atoms with Gasteiger partial charge >= 0.3 is 0 Å². The van der Waals surface area contributed by atoms with Gasteiger partial charge in [0.05, 0.1) is 17.6 Å². The molecule has 8 heteroatoms. The van der Waals surface area contributed by atoms with Crippen molar-refractivity contribution in [3.8, 4) is 0 Å². The van der Waals surface area contributed by atoms with E-state index in [1.54, 1.807) is 11.3 Å². The number of benzene rings is 1. The van der Waals surface area contributed by atoms with Crippen molar-refractivity contribution < 1.29 is 4.79 Å². The van der Waals surface area contributed by atoms with Crippen molar-refractivity contribution in [2.75, 3.05) is 24.3 Å². The van der Waals surface area contributed by atoms with Crippen LogP contribution in [-0.4, -0.2) is 46.6 Å². The van der Waals surface area contributed by atoms with E-state index in [1.807, 2.05) is 50.2 Å². The number of thiophene rings is 1. The Morgan fingerprint density at radius 3 is 2.53 bits per heavy atom. The van der Waals surface area contributed by atoms with Gasteiger partial charge in [0.2, 0.25) is 5.95 Å². The zero-order chi connectivity index (χ0) is 25.2. The van der Waals surface area contributed by atoms with Crippen molar-refractivity contribution in [1.29, 1.82) is 0 Å². The molecule has 0 radical (unpaired) electrons. The first-order valence-corrected chi connectivity index (χ1v) is 13.5. The van der Waals surface area contributed by atoms with Gasteiger partial charge in [-0.1, -0.05) is 18.2 Å². The van der Waals surface area contributed by atoms with E-state index >= 15 is 0 Å².